The molecule has 0 aromatic heterocycles. The van der Waals surface area contributed by atoms with E-state index in [1.807, 2.05) is 19.1 Å². The van der Waals surface area contributed by atoms with Crippen molar-refractivity contribution < 1.29 is 9.53 Å². The van der Waals surface area contributed by atoms with E-state index in [0.717, 1.165) is 5.56 Å². The normalized spacial score (nSPS) is 9.58. The summed E-state index contributed by atoms with van der Waals surface area (Å²) in [7, 11) is 0. The zero-order chi connectivity index (χ0) is 9.14. The molecular weight excluding hydrogens is 172 g/mol. The third kappa shape index (κ3) is 2.01. The molecule has 1 aromatic rings. The van der Waals surface area contributed by atoms with Crippen LogP contribution in [0.25, 0.3) is 0 Å². The summed E-state index contributed by atoms with van der Waals surface area (Å²) in [4.78, 5) is 11.3. The zero-order valence-electron chi connectivity index (χ0n) is 7.00. The number of hydrogen-bond acceptors (Lipinski definition) is 3. The first-order valence-electron chi connectivity index (χ1n) is 3.58. The number of aryl methyl sites for hydroxylation is 1. The molecule has 1 aromatic carbocycles. The van der Waals surface area contributed by atoms with Crippen molar-refractivity contribution in [3.05, 3.63) is 23.8 Å². The van der Waals surface area contributed by atoms with Gasteiger partial charge in [0, 0.05) is 11.8 Å². The molecule has 0 aliphatic rings. The Morgan fingerprint density at radius 2 is 2.17 bits per heavy atom. The lowest BCUT2D eigenvalue weighted by Gasteiger charge is -2.06. The average Bonchev–Trinajstić information content (AvgIpc) is 1.97. The highest BCUT2D eigenvalue weighted by Crippen LogP contribution is 2.26. The molecule has 0 bridgehead atoms. The van der Waals surface area contributed by atoms with Gasteiger partial charge >= 0.3 is 5.97 Å². The van der Waals surface area contributed by atoms with E-state index in [2.05, 4.69) is 12.6 Å². The number of esters is 1. The molecule has 1 rings (SSSR count). The van der Waals surface area contributed by atoms with Gasteiger partial charge in [-0.05, 0) is 18.6 Å². The lowest BCUT2D eigenvalue weighted by Crippen LogP contribution is -2.03. The number of para-hydroxylation sites is 1. The molecule has 12 heavy (non-hydrogen) atoms. The Hall–Kier alpha value is -0.960. The Kier molecular flexibility index (Phi) is 2.76. The fourth-order valence-corrected chi connectivity index (χ4v) is 1.22. The van der Waals surface area contributed by atoms with E-state index < -0.39 is 0 Å². The average molecular weight is 182 g/mol. The molecule has 0 unspecified atom stereocenters. The molecule has 0 saturated carbocycles. The summed E-state index contributed by atoms with van der Waals surface area (Å²) in [5.74, 6) is 0.230. The molecule has 0 saturated heterocycles. The van der Waals surface area contributed by atoms with Gasteiger partial charge in [0.25, 0.3) is 0 Å². The molecular formula is C9H10O2S. The van der Waals surface area contributed by atoms with Gasteiger partial charge in [-0.3, -0.25) is 4.79 Å². The molecule has 0 heterocycles. The van der Waals surface area contributed by atoms with Crippen molar-refractivity contribution in [2.45, 2.75) is 18.7 Å². The van der Waals surface area contributed by atoms with Crippen LogP contribution in [0.2, 0.25) is 0 Å². The van der Waals surface area contributed by atoms with Gasteiger partial charge in [0.05, 0.1) is 0 Å². The number of hydrogen-bond donors (Lipinski definition) is 1. The van der Waals surface area contributed by atoms with Gasteiger partial charge < -0.3 is 4.74 Å². The van der Waals surface area contributed by atoms with Gasteiger partial charge in [-0.25, -0.2) is 0 Å². The van der Waals surface area contributed by atoms with Crippen molar-refractivity contribution in [2.75, 3.05) is 0 Å². The van der Waals surface area contributed by atoms with E-state index in [-0.39, 0.29) is 5.97 Å². The Labute approximate surface area is 77.0 Å². The first-order chi connectivity index (χ1) is 5.61. The third-order valence-corrected chi connectivity index (χ3v) is 1.79. The number of ether oxygens (including phenoxy) is 1. The van der Waals surface area contributed by atoms with Crippen molar-refractivity contribution >= 4 is 18.6 Å². The number of benzene rings is 1. The first-order valence-corrected chi connectivity index (χ1v) is 4.03. The summed E-state index contributed by atoms with van der Waals surface area (Å²) in [6, 6.07) is 5.52. The first kappa shape index (κ1) is 9.13. The highest BCUT2D eigenvalue weighted by Gasteiger charge is 2.05. The molecule has 0 atom stereocenters. The smallest absolute Gasteiger partial charge is 0.308 e. The SMILES string of the molecule is CC(=O)Oc1c(C)cccc1S. The van der Waals surface area contributed by atoms with Crippen molar-refractivity contribution in [3.8, 4) is 5.75 Å². The van der Waals surface area contributed by atoms with Gasteiger partial charge in [0.1, 0.15) is 5.75 Å². The van der Waals surface area contributed by atoms with Crippen LogP contribution >= 0.6 is 12.6 Å². The number of thiol groups is 1. The predicted molar refractivity (Wildman–Crippen MR) is 49.7 cm³/mol. The molecule has 2 nitrogen and oxygen atoms in total. The van der Waals surface area contributed by atoms with E-state index in [4.69, 9.17) is 4.74 Å². The Bertz CT molecular complexity index is 287. The maximum atomic E-state index is 10.7. The van der Waals surface area contributed by atoms with E-state index in [9.17, 15) is 4.79 Å². The van der Waals surface area contributed by atoms with Gasteiger partial charge in [0.2, 0.25) is 0 Å². The molecule has 0 N–H and O–H groups in total. The molecule has 0 aliphatic heterocycles. The van der Waals surface area contributed by atoms with Crippen LogP contribution in [-0.2, 0) is 4.79 Å². The van der Waals surface area contributed by atoms with E-state index in [1.165, 1.54) is 6.92 Å². The van der Waals surface area contributed by atoms with Gasteiger partial charge in [-0.1, -0.05) is 12.1 Å². The quantitative estimate of drug-likeness (QED) is 0.409. The third-order valence-electron chi connectivity index (χ3n) is 1.44. The number of carbonyl (C=O) groups excluding carboxylic acids is 1. The molecule has 64 valence electrons. The fourth-order valence-electron chi connectivity index (χ4n) is 0.913. The monoisotopic (exact) mass is 182 g/mol. The van der Waals surface area contributed by atoms with Crippen LogP contribution in [0.1, 0.15) is 12.5 Å². The lowest BCUT2D eigenvalue weighted by atomic mass is 10.2. The van der Waals surface area contributed by atoms with Crippen LogP contribution in [0.15, 0.2) is 23.1 Å². The molecule has 3 heteroatoms. The Balaban J connectivity index is 3.04. The van der Waals surface area contributed by atoms with Crippen LogP contribution < -0.4 is 4.74 Å². The highest BCUT2D eigenvalue weighted by atomic mass is 32.1. The van der Waals surface area contributed by atoms with Gasteiger partial charge in [-0.2, -0.15) is 0 Å². The second kappa shape index (κ2) is 3.63. The second-order valence-electron chi connectivity index (χ2n) is 2.52. The fraction of sp³-hybridized carbons (Fsp3) is 0.222. The topological polar surface area (TPSA) is 26.3 Å². The Morgan fingerprint density at radius 1 is 1.50 bits per heavy atom. The predicted octanol–water partition coefficient (Wildman–Crippen LogP) is 2.21. The van der Waals surface area contributed by atoms with Crippen LogP contribution in [0.3, 0.4) is 0 Å². The number of carbonyl (C=O) groups is 1. The molecule has 0 amide bonds. The summed E-state index contributed by atoms with van der Waals surface area (Å²) in [5, 5.41) is 0. The number of rotatable bonds is 1. The largest absolute Gasteiger partial charge is 0.425 e. The zero-order valence-corrected chi connectivity index (χ0v) is 7.89. The minimum absolute atomic E-state index is 0.320. The molecule has 0 aliphatic carbocycles. The standard InChI is InChI=1S/C9H10O2S/c1-6-4-3-5-8(12)9(6)11-7(2)10/h3-5,12H,1-2H3. The minimum Gasteiger partial charge on any atom is -0.425 e. The summed E-state index contributed by atoms with van der Waals surface area (Å²) in [5.41, 5.74) is 0.915. The van der Waals surface area contributed by atoms with Crippen molar-refractivity contribution in [1.29, 1.82) is 0 Å². The molecule has 0 radical (unpaired) electrons. The molecule has 0 fully saturated rings. The summed E-state index contributed by atoms with van der Waals surface area (Å²) >= 11 is 4.17. The maximum absolute atomic E-state index is 10.7. The minimum atomic E-state index is -0.320. The van der Waals surface area contributed by atoms with E-state index in [0.29, 0.717) is 10.6 Å². The van der Waals surface area contributed by atoms with Crippen LogP contribution in [0, 0.1) is 6.92 Å². The summed E-state index contributed by atoms with van der Waals surface area (Å²) < 4.78 is 4.96. The highest BCUT2D eigenvalue weighted by molar-refractivity contribution is 7.80. The Morgan fingerprint density at radius 3 is 2.67 bits per heavy atom. The van der Waals surface area contributed by atoms with Crippen LogP contribution in [0.5, 0.6) is 5.75 Å². The van der Waals surface area contributed by atoms with Gasteiger partial charge in [0.15, 0.2) is 0 Å². The summed E-state index contributed by atoms with van der Waals surface area (Å²) in [6.07, 6.45) is 0. The van der Waals surface area contributed by atoms with Gasteiger partial charge in [-0.15, -0.1) is 12.6 Å². The summed E-state index contributed by atoms with van der Waals surface area (Å²) in [6.45, 7) is 3.25. The molecule has 0 spiro atoms. The van der Waals surface area contributed by atoms with E-state index in [1.54, 1.807) is 6.07 Å². The second-order valence-corrected chi connectivity index (χ2v) is 3.00. The van der Waals surface area contributed by atoms with Crippen molar-refractivity contribution in [1.82, 2.24) is 0 Å². The lowest BCUT2D eigenvalue weighted by molar-refractivity contribution is -0.132. The van der Waals surface area contributed by atoms with Crippen molar-refractivity contribution in [2.24, 2.45) is 0 Å². The van der Waals surface area contributed by atoms with Crippen LogP contribution in [-0.4, -0.2) is 5.97 Å². The van der Waals surface area contributed by atoms with Crippen molar-refractivity contribution in [3.63, 3.8) is 0 Å². The van der Waals surface area contributed by atoms with E-state index >= 15 is 0 Å². The maximum Gasteiger partial charge on any atom is 0.308 e. The van der Waals surface area contributed by atoms with Crippen LogP contribution in [0.4, 0.5) is 0 Å².